The highest BCUT2D eigenvalue weighted by Gasteiger charge is 2.19. The van der Waals surface area contributed by atoms with E-state index >= 15 is 0 Å². The van der Waals surface area contributed by atoms with Crippen LogP contribution in [0.5, 0.6) is 0 Å². The first kappa shape index (κ1) is 30.4. The van der Waals surface area contributed by atoms with Gasteiger partial charge in [0, 0.05) is 34.2 Å². The van der Waals surface area contributed by atoms with Gasteiger partial charge in [-0.05, 0) is 13.8 Å². The van der Waals surface area contributed by atoms with Crippen molar-refractivity contribution >= 4 is 59.2 Å². The first-order valence-electron chi connectivity index (χ1n) is 10.6. The van der Waals surface area contributed by atoms with Gasteiger partial charge in [-0.15, -0.1) is 11.8 Å². The SMILES string of the molecule is C=C(C)C(=O)OCCC(=O)OC1CSCCO1.C=C(C)C(=O)OCCC(=O)OC1CSCCS1. The number of carbonyl (C=O) groups excluding carboxylic acids is 4. The van der Waals surface area contributed by atoms with E-state index in [0.29, 0.717) is 23.5 Å². The van der Waals surface area contributed by atoms with Gasteiger partial charge in [0.15, 0.2) is 5.44 Å². The monoisotopic (exact) mass is 536 g/mol. The molecule has 0 aromatic heterocycles. The van der Waals surface area contributed by atoms with Crippen molar-refractivity contribution < 1.29 is 42.9 Å². The molecule has 0 aliphatic carbocycles. The molecule has 0 aromatic carbocycles. The number of hydrogen-bond donors (Lipinski definition) is 0. The van der Waals surface area contributed by atoms with E-state index in [1.165, 1.54) is 0 Å². The van der Waals surface area contributed by atoms with Crippen LogP contribution in [0, 0.1) is 0 Å². The Morgan fingerprint density at radius 1 is 0.824 bits per heavy atom. The van der Waals surface area contributed by atoms with Crippen molar-refractivity contribution in [3.63, 3.8) is 0 Å². The molecule has 0 radical (unpaired) electrons. The van der Waals surface area contributed by atoms with E-state index in [1.807, 2.05) is 0 Å². The Bertz CT molecular complexity index is 654. The highest BCUT2D eigenvalue weighted by molar-refractivity contribution is 8.06. The van der Waals surface area contributed by atoms with Crippen LogP contribution in [-0.2, 0) is 42.9 Å². The minimum Gasteiger partial charge on any atom is -0.462 e. The molecule has 2 fully saturated rings. The molecule has 2 atom stereocenters. The predicted molar refractivity (Wildman–Crippen MR) is 134 cm³/mol. The molecule has 12 heteroatoms. The summed E-state index contributed by atoms with van der Waals surface area (Å²) in [5, 5.41) is 0. The largest absolute Gasteiger partial charge is 0.462 e. The number of thioether (sulfide) groups is 3. The van der Waals surface area contributed by atoms with Gasteiger partial charge in [-0.1, -0.05) is 13.2 Å². The summed E-state index contributed by atoms with van der Waals surface area (Å²) >= 11 is 5.11. The molecule has 0 saturated carbocycles. The van der Waals surface area contributed by atoms with Gasteiger partial charge in [-0.25, -0.2) is 9.59 Å². The summed E-state index contributed by atoms with van der Waals surface area (Å²) in [4.78, 5) is 44.8. The zero-order valence-corrected chi connectivity index (χ0v) is 22.0. The Kier molecular flexibility index (Phi) is 15.9. The molecule has 0 amide bonds. The number of rotatable bonds is 10. The van der Waals surface area contributed by atoms with Crippen LogP contribution in [0.2, 0.25) is 0 Å². The van der Waals surface area contributed by atoms with E-state index in [0.717, 1.165) is 23.0 Å². The highest BCUT2D eigenvalue weighted by atomic mass is 32.2. The fraction of sp³-hybridized carbons (Fsp3) is 0.636. The molecule has 2 rings (SSSR count). The van der Waals surface area contributed by atoms with Gasteiger partial charge in [-0.3, -0.25) is 9.59 Å². The topological polar surface area (TPSA) is 114 Å². The maximum Gasteiger partial charge on any atom is 0.333 e. The van der Waals surface area contributed by atoms with E-state index in [4.69, 9.17) is 23.7 Å². The van der Waals surface area contributed by atoms with Crippen LogP contribution in [0.1, 0.15) is 26.7 Å². The van der Waals surface area contributed by atoms with Gasteiger partial charge < -0.3 is 23.7 Å². The molecule has 9 nitrogen and oxygen atoms in total. The first-order chi connectivity index (χ1) is 16.2. The molecule has 0 bridgehead atoms. The maximum absolute atomic E-state index is 11.4. The van der Waals surface area contributed by atoms with Crippen LogP contribution in [0.25, 0.3) is 0 Å². The lowest BCUT2D eigenvalue weighted by Crippen LogP contribution is -2.29. The summed E-state index contributed by atoms with van der Waals surface area (Å²) in [6, 6.07) is 0. The molecule has 0 spiro atoms. The minimum atomic E-state index is -0.498. The lowest BCUT2D eigenvalue weighted by Gasteiger charge is -2.21. The first-order valence-corrected chi connectivity index (χ1v) is 14.0. The number of ether oxygens (including phenoxy) is 5. The van der Waals surface area contributed by atoms with E-state index in [2.05, 4.69) is 13.2 Å². The van der Waals surface area contributed by atoms with E-state index in [1.54, 1.807) is 49.1 Å². The van der Waals surface area contributed by atoms with Gasteiger partial charge in [0.05, 0.1) is 25.2 Å². The summed E-state index contributed by atoms with van der Waals surface area (Å²) in [6.45, 7) is 10.6. The summed E-state index contributed by atoms with van der Waals surface area (Å²) in [6.07, 6.45) is -0.345. The van der Waals surface area contributed by atoms with E-state index in [-0.39, 0.29) is 37.5 Å². The van der Waals surface area contributed by atoms with Gasteiger partial charge in [0.1, 0.15) is 13.2 Å². The summed E-state index contributed by atoms with van der Waals surface area (Å²) < 4.78 is 25.1. The predicted octanol–water partition coefficient (Wildman–Crippen LogP) is 2.97. The molecule has 2 aliphatic rings. The second-order valence-electron chi connectivity index (χ2n) is 7.06. The standard InChI is InChI=1S/C11H16O5S.C11H16O4S2/c1-8(2)11(13)15-4-3-9(12)16-10-7-17-6-5-14-10;1-8(2)11(13)14-4-3-9(12)15-10-7-16-5-6-17-10/h2*10H,1,3-7H2,2H3. The quantitative estimate of drug-likeness (QED) is 0.232. The maximum atomic E-state index is 11.4. The highest BCUT2D eigenvalue weighted by Crippen LogP contribution is 2.25. The molecule has 192 valence electrons. The zero-order valence-electron chi connectivity index (χ0n) is 19.5. The third-order valence-corrected chi connectivity index (χ3v) is 7.41. The Hall–Kier alpha value is -1.63. The molecule has 0 N–H and O–H groups in total. The number of esters is 4. The number of hydrogen-bond acceptors (Lipinski definition) is 12. The zero-order chi connectivity index (χ0) is 25.3. The third kappa shape index (κ3) is 14.6. The van der Waals surface area contributed by atoms with Gasteiger partial charge in [-0.2, -0.15) is 23.5 Å². The fourth-order valence-electron chi connectivity index (χ4n) is 2.18. The Labute approximate surface area is 213 Å². The summed E-state index contributed by atoms with van der Waals surface area (Å²) in [5.74, 6) is 2.81. The van der Waals surface area contributed by atoms with Crippen molar-refractivity contribution in [3.8, 4) is 0 Å². The smallest absolute Gasteiger partial charge is 0.333 e. The Morgan fingerprint density at radius 3 is 1.85 bits per heavy atom. The van der Waals surface area contributed by atoms with Crippen LogP contribution in [0.4, 0.5) is 0 Å². The van der Waals surface area contributed by atoms with Gasteiger partial charge in [0.25, 0.3) is 0 Å². The fourth-order valence-corrected chi connectivity index (χ4v) is 5.31. The van der Waals surface area contributed by atoms with Crippen LogP contribution in [-0.4, -0.2) is 84.2 Å². The minimum absolute atomic E-state index is 0.00435. The molecule has 2 aliphatic heterocycles. The van der Waals surface area contributed by atoms with E-state index in [9.17, 15) is 19.2 Å². The van der Waals surface area contributed by atoms with Crippen LogP contribution >= 0.6 is 35.3 Å². The molecule has 34 heavy (non-hydrogen) atoms. The van der Waals surface area contributed by atoms with Crippen molar-refractivity contribution in [1.82, 2.24) is 0 Å². The summed E-state index contributed by atoms with van der Waals surface area (Å²) in [5.41, 5.74) is 0.584. The Morgan fingerprint density at radius 2 is 1.38 bits per heavy atom. The lowest BCUT2D eigenvalue weighted by atomic mass is 10.4. The average molecular weight is 537 g/mol. The normalized spacial score (nSPS) is 19.5. The Balaban J connectivity index is 0.000000340. The second-order valence-corrected chi connectivity index (χ2v) is 10.6. The van der Waals surface area contributed by atoms with Crippen molar-refractivity contribution in [1.29, 1.82) is 0 Å². The summed E-state index contributed by atoms with van der Waals surface area (Å²) in [7, 11) is 0. The van der Waals surface area contributed by atoms with Crippen LogP contribution in [0.3, 0.4) is 0 Å². The van der Waals surface area contributed by atoms with Crippen molar-refractivity contribution in [2.45, 2.75) is 38.4 Å². The van der Waals surface area contributed by atoms with Gasteiger partial charge >= 0.3 is 23.9 Å². The molecule has 0 aromatic rings. The molecule has 2 unspecified atom stereocenters. The average Bonchev–Trinajstić information content (AvgIpc) is 2.80. The van der Waals surface area contributed by atoms with Crippen molar-refractivity contribution in [2.24, 2.45) is 0 Å². The van der Waals surface area contributed by atoms with Crippen LogP contribution in [0.15, 0.2) is 24.3 Å². The molecule has 2 heterocycles. The molecule has 2 saturated heterocycles. The van der Waals surface area contributed by atoms with Crippen molar-refractivity contribution in [2.75, 3.05) is 48.6 Å². The van der Waals surface area contributed by atoms with Crippen LogP contribution < -0.4 is 0 Å². The lowest BCUT2D eigenvalue weighted by molar-refractivity contribution is -0.174. The number of carbonyl (C=O) groups is 4. The van der Waals surface area contributed by atoms with E-state index < -0.39 is 24.2 Å². The molecular formula is C22H32O9S3. The molecular weight excluding hydrogens is 504 g/mol. The van der Waals surface area contributed by atoms with Gasteiger partial charge in [0.2, 0.25) is 6.29 Å². The second kappa shape index (κ2) is 17.8. The third-order valence-electron chi connectivity index (χ3n) is 3.87. The van der Waals surface area contributed by atoms with Crippen molar-refractivity contribution in [3.05, 3.63) is 24.3 Å².